The molecule has 0 amide bonds. The van der Waals surface area contributed by atoms with Gasteiger partial charge in [-0.15, -0.1) is 0 Å². The molecule has 1 unspecified atom stereocenters. The number of nitrogens with one attached hydrogen (secondary N) is 3. The largest absolute Gasteiger partial charge is 0.384 e. The van der Waals surface area contributed by atoms with Gasteiger partial charge in [0, 0.05) is 18.0 Å². The van der Waals surface area contributed by atoms with Gasteiger partial charge in [-0.05, 0) is 54.4 Å². The summed E-state index contributed by atoms with van der Waals surface area (Å²) in [6.45, 7) is 0. The van der Waals surface area contributed by atoms with Gasteiger partial charge >= 0.3 is 0 Å². The molecule has 29 heavy (non-hydrogen) atoms. The first kappa shape index (κ1) is 17.1. The number of rotatable bonds is 5. The van der Waals surface area contributed by atoms with Crippen LogP contribution in [0.2, 0.25) is 0 Å². The Hall–Kier alpha value is -4.00. The molecule has 0 radical (unpaired) electrons. The van der Waals surface area contributed by atoms with E-state index in [2.05, 4.69) is 15.0 Å². The van der Waals surface area contributed by atoms with Crippen molar-refractivity contribution in [1.29, 1.82) is 5.41 Å². The summed E-state index contributed by atoms with van der Waals surface area (Å²) in [6.07, 6.45) is 4.31. The number of hydrogen-bond acceptors (Lipinski definition) is 4. The van der Waals surface area contributed by atoms with Gasteiger partial charge in [-0.2, -0.15) is 0 Å². The quantitative estimate of drug-likeness (QED) is 0.275. The number of nitrogen functional groups attached to an aromatic ring is 1. The molecular formula is C22H19N7. The van der Waals surface area contributed by atoms with E-state index >= 15 is 0 Å². The van der Waals surface area contributed by atoms with Gasteiger partial charge in [0.1, 0.15) is 17.5 Å². The van der Waals surface area contributed by atoms with Crippen LogP contribution in [0.15, 0.2) is 67.0 Å². The van der Waals surface area contributed by atoms with Crippen molar-refractivity contribution in [1.82, 2.24) is 24.9 Å². The fourth-order valence-electron chi connectivity index (χ4n) is 3.58. The number of benzene rings is 2. The molecule has 0 saturated carbocycles. The zero-order valence-corrected chi connectivity index (χ0v) is 15.6. The third-order valence-electron chi connectivity index (χ3n) is 5.07. The van der Waals surface area contributed by atoms with Crippen molar-refractivity contribution in [2.75, 3.05) is 0 Å². The van der Waals surface area contributed by atoms with Gasteiger partial charge in [0.25, 0.3) is 0 Å². The van der Waals surface area contributed by atoms with E-state index in [1.807, 2.05) is 54.6 Å². The van der Waals surface area contributed by atoms with E-state index in [0.717, 1.165) is 45.7 Å². The van der Waals surface area contributed by atoms with Crippen molar-refractivity contribution in [3.63, 3.8) is 0 Å². The monoisotopic (exact) mass is 381 g/mol. The maximum Gasteiger partial charge on any atom is 0.122 e. The summed E-state index contributed by atoms with van der Waals surface area (Å²) in [5.74, 6) is 1.62. The number of para-hydroxylation sites is 2. The lowest BCUT2D eigenvalue weighted by Crippen LogP contribution is -2.10. The van der Waals surface area contributed by atoms with Crippen LogP contribution >= 0.6 is 0 Å². The predicted molar refractivity (Wildman–Crippen MR) is 113 cm³/mol. The molecule has 0 bridgehead atoms. The highest BCUT2D eigenvalue weighted by Crippen LogP contribution is 2.28. The zero-order valence-electron chi connectivity index (χ0n) is 15.6. The van der Waals surface area contributed by atoms with Crippen LogP contribution in [0, 0.1) is 5.41 Å². The van der Waals surface area contributed by atoms with Crippen LogP contribution in [-0.2, 0) is 6.42 Å². The Kier molecular flexibility index (Phi) is 4.05. The molecule has 5 rings (SSSR count). The molecule has 0 aliphatic heterocycles. The number of aromatic amines is 2. The van der Waals surface area contributed by atoms with Crippen molar-refractivity contribution >= 4 is 27.9 Å². The van der Waals surface area contributed by atoms with E-state index in [9.17, 15) is 0 Å². The first-order valence-corrected chi connectivity index (χ1v) is 9.35. The van der Waals surface area contributed by atoms with Crippen molar-refractivity contribution in [3.8, 4) is 0 Å². The van der Waals surface area contributed by atoms with Gasteiger partial charge in [-0.3, -0.25) is 10.4 Å². The Morgan fingerprint density at radius 3 is 2.31 bits per heavy atom. The molecule has 5 aromatic rings. The molecule has 5 N–H and O–H groups in total. The number of imidazole rings is 2. The van der Waals surface area contributed by atoms with Gasteiger partial charge in [-0.1, -0.05) is 12.1 Å². The van der Waals surface area contributed by atoms with Crippen LogP contribution < -0.4 is 5.73 Å². The molecule has 0 saturated heterocycles. The normalized spacial score (nSPS) is 12.4. The Morgan fingerprint density at radius 1 is 0.897 bits per heavy atom. The summed E-state index contributed by atoms with van der Waals surface area (Å²) in [4.78, 5) is 20.6. The number of amidine groups is 1. The van der Waals surface area contributed by atoms with Crippen LogP contribution in [0.3, 0.4) is 0 Å². The highest BCUT2D eigenvalue weighted by atomic mass is 15.0. The number of nitrogens with two attached hydrogens (primary N) is 1. The molecular weight excluding hydrogens is 362 g/mol. The van der Waals surface area contributed by atoms with Crippen molar-refractivity contribution in [3.05, 3.63) is 89.8 Å². The number of hydrogen-bond donors (Lipinski definition) is 4. The van der Waals surface area contributed by atoms with E-state index in [1.165, 1.54) is 0 Å². The molecule has 3 heterocycles. The molecule has 0 spiro atoms. The molecule has 1 atom stereocenters. The van der Waals surface area contributed by atoms with E-state index in [4.69, 9.17) is 21.1 Å². The van der Waals surface area contributed by atoms with E-state index in [-0.39, 0.29) is 11.8 Å². The summed E-state index contributed by atoms with van der Waals surface area (Å²) in [7, 11) is 0. The van der Waals surface area contributed by atoms with Crippen LogP contribution in [-0.4, -0.2) is 30.8 Å². The fourth-order valence-corrected chi connectivity index (χ4v) is 3.58. The maximum absolute atomic E-state index is 7.67. The number of fused-ring (bicyclic) bond motifs is 2. The lowest BCUT2D eigenvalue weighted by molar-refractivity contribution is 0.713. The number of H-pyrrole nitrogens is 2. The first-order valence-electron chi connectivity index (χ1n) is 9.35. The molecule has 142 valence electrons. The van der Waals surface area contributed by atoms with Gasteiger partial charge in [0.2, 0.25) is 0 Å². The summed E-state index contributed by atoms with van der Waals surface area (Å²) >= 11 is 0. The van der Waals surface area contributed by atoms with Crippen molar-refractivity contribution in [2.45, 2.75) is 12.3 Å². The minimum Gasteiger partial charge on any atom is -0.384 e. The second-order valence-corrected chi connectivity index (χ2v) is 7.02. The summed E-state index contributed by atoms with van der Waals surface area (Å²) < 4.78 is 0. The number of nitrogens with zero attached hydrogens (tertiary/aromatic N) is 3. The van der Waals surface area contributed by atoms with Crippen LogP contribution in [0.4, 0.5) is 0 Å². The Balaban J connectivity index is 1.63. The average Bonchev–Trinajstić information content (AvgIpc) is 3.36. The van der Waals surface area contributed by atoms with Crippen molar-refractivity contribution in [2.24, 2.45) is 5.73 Å². The molecule has 0 aliphatic rings. The van der Waals surface area contributed by atoms with Crippen LogP contribution in [0.1, 0.15) is 28.7 Å². The minimum absolute atomic E-state index is 0.0358. The highest BCUT2D eigenvalue weighted by molar-refractivity contribution is 5.97. The van der Waals surface area contributed by atoms with Crippen molar-refractivity contribution < 1.29 is 0 Å². The standard InChI is InChI=1S/C22H19N7/c23-20(24)14-5-6-18-19(12-14)29-22(28-18)15(11-13-7-9-25-10-8-13)21-26-16-3-1-2-4-17(16)27-21/h1-10,12,15H,11H2,(H3,23,24)(H,26,27)(H,28,29). The lowest BCUT2D eigenvalue weighted by Gasteiger charge is -2.12. The van der Waals surface area contributed by atoms with E-state index < -0.39 is 0 Å². The average molecular weight is 381 g/mol. The molecule has 7 heteroatoms. The number of aromatic nitrogens is 5. The van der Waals surface area contributed by atoms with Gasteiger partial charge in [-0.25, -0.2) is 9.97 Å². The second kappa shape index (κ2) is 6.87. The molecule has 7 nitrogen and oxygen atoms in total. The Labute approximate surface area is 166 Å². The summed E-state index contributed by atoms with van der Waals surface area (Å²) in [5, 5.41) is 7.67. The van der Waals surface area contributed by atoms with Crippen LogP contribution in [0.5, 0.6) is 0 Å². The Bertz CT molecular complexity index is 1280. The van der Waals surface area contributed by atoms with Gasteiger partial charge in [0.05, 0.1) is 28.0 Å². The second-order valence-electron chi connectivity index (χ2n) is 7.02. The minimum atomic E-state index is -0.0852. The predicted octanol–water partition coefficient (Wildman–Crippen LogP) is 3.49. The fraction of sp³-hybridized carbons (Fsp3) is 0.0909. The van der Waals surface area contributed by atoms with Crippen LogP contribution in [0.25, 0.3) is 22.1 Å². The molecule has 0 aliphatic carbocycles. The smallest absolute Gasteiger partial charge is 0.122 e. The first-order chi connectivity index (χ1) is 14.2. The summed E-state index contributed by atoms with van der Waals surface area (Å²) in [6, 6.07) is 17.6. The zero-order chi connectivity index (χ0) is 19.8. The summed E-state index contributed by atoms with van der Waals surface area (Å²) in [5.41, 5.74) is 11.1. The molecule has 3 aromatic heterocycles. The molecule has 0 fully saturated rings. The number of pyridine rings is 1. The van der Waals surface area contributed by atoms with E-state index in [0.29, 0.717) is 5.56 Å². The lowest BCUT2D eigenvalue weighted by atomic mass is 9.98. The third-order valence-corrected chi connectivity index (χ3v) is 5.07. The van der Waals surface area contributed by atoms with E-state index in [1.54, 1.807) is 12.4 Å². The maximum atomic E-state index is 7.67. The molecule has 2 aromatic carbocycles. The topological polar surface area (TPSA) is 120 Å². The van der Waals surface area contributed by atoms with Gasteiger partial charge < -0.3 is 15.7 Å². The Morgan fingerprint density at radius 2 is 1.59 bits per heavy atom. The third kappa shape index (κ3) is 3.23. The SMILES string of the molecule is N=C(N)c1ccc2nc(C(Cc3ccncc3)c3nc4ccccc4[nH]3)[nH]c2c1. The van der Waals surface area contributed by atoms with Gasteiger partial charge in [0.15, 0.2) is 0 Å². The highest BCUT2D eigenvalue weighted by Gasteiger charge is 2.22.